The van der Waals surface area contributed by atoms with Crippen LogP contribution in [0.2, 0.25) is 0 Å². The Labute approximate surface area is 102 Å². The molecular formula is C11H11N3O2S. The van der Waals surface area contributed by atoms with E-state index in [1.54, 1.807) is 11.3 Å². The molecule has 0 aromatic carbocycles. The standard InChI is InChI=1S/C11H11N3O2S/c12-4-3-8(15)6-11-13-10(14-16-11)7-9-2-1-5-17-9/h1-2,5,8,15H,3,6-7H2. The van der Waals surface area contributed by atoms with Crippen LogP contribution in [0.5, 0.6) is 0 Å². The number of nitriles is 1. The van der Waals surface area contributed by atoms with Gasteiger partial charge in [-0.3, -0.25) is 0 Å². The van der Waals surface area contributed by atoms with Crippen molar-refractivity contribution >= 4 is 11.3 Å². The zero-order valence-electron chi connectivity index (χ0n) is 9.04. The minimum Gasteiger partial charge on any atom is -0.392 e. The van der Waals surface area contributed by atoms with Gasteiger partial charge in [-0.05, 0) is 11.4 Å². The fourth-order valence-corrected chi connectivity index (χ4v) is 2.09. The lowest BCUT2D eigenvalue weighted by molar-refractivity contribution is 0.167. The number of aliphatic hydroxyl groups is 1. The largest absolute Gasteiger partial charge is 0.392 e. The first-order chi connectivity index (χ1) is 8.28. The van der Waals surface area contributed by atoms with Crippen LogP contribution >= 0.6 is 11.3 Å². The molecule has 5 nitrogen and oxygen atoms in total. The van der Waals surface area contributed by atoms with E-state index >= 15 is 0 Å². The van der Waals surface area contributed by atoms with E-state index in [1.807, 2.05) is 23.6 Å². The second kappa shape index (κ2) is 5.57. The third-order valence-electron chi connectivity index (χ3n) is 2.16. The SMILES string of the molecule is N#CCC(O)Cc1nc(Cc2cccs2)no1. The molecule has 17 heavy (non-hydrogen) atoms. The van der Waals surface area contributed by atoms with Gasteiger partial charge in [-0.1, -0.05) is 11.2 Å². The molecule has 0 spiro atoms. The lowest BCUT2D eigenvalue weighted by atomic mass is 10.2. The number of thiophene rings is 1. The summed E-state index contributed by atoms with van der Waals surface area (Å²) in [4.78, 5) is 5.33. The third kappa shape index (κ3) is 3.37. The van der Waals surface area contributed by atoms with Gasteiger partial charge in [-0.2, -0.15) is 10.2 Å². The Morgan fingerprint density at radius 1 is 1.59 bits per heavy atom. The zero-order valence-corrected chi connectivity index (χ0v) is 9.85. The van der Waals surface area contributed by atoms with Gasteiger partial charge in [0.05, 0.1) is 25.0 Å². The van der Waals surface area contributed by atoms with Crippen LogP contribution in [0.3, 0.4) is 0 Å². The van der Waals surface area contributed by atoms with E-state index in [0.29, 0.717) is 18.1 Å². The van der Waals surface area contributed by atoms with Crippen LogP contribution in [-0.4, -0.2) is 21.4 Å². The predicted octanol–water partition coefficient (Wildman–Crippen LogP) is 1.54. The van der Waals surface area contributed by atoms with Crippen molar-refractivity contribution in [3.05, 3.63) is 34.1 Å². The maximum absolute atomic E-state index is 9.42. The molecule has 2 heterocycles. The summed E-state index contributed by atoms with van der Waals surface area (Å²) in [7, 11) is 0. The van der Waals surface area contributed by atoms with E-state index in [-0.39, 0.29) is 12.8 Å². The van der Waals surface area contributed by atoms with Gasteiger partial charge in [-0.25, -0.2) is 0 Å². The summed E-state index contributed by atoms with van der Waals surface area (Å²) in [5, 5.41) is 23.7. The van der Waals surface area contributed by atoms with Gasteiger partial charge in [0, 0.05) is 11.3 Å². The number of hydrogen-bond donors (Lipinski definition) is 1. The van der Waals surface area contributed by atoms with E-state index in [9.17, 15) is 5.11 Å². The monoisotopic (exact) mass is 249 g/mol. The molecule has 0 aliphatic heterocycles. The van der Waals surface area contributed by atoms with Crippen LogP contribution < -0.4 is 0 Å². The molecule has 2 rings (SSSR count). The zero-order chi connectivity index (χ0) is 12.1. The highest BCUT2D eigenvalue weighted by Crippen LogP contribution is 2.13. The van der Waals surface area contributed by atoms with E-state index < -0.39 is 6.10 Å². The van der Waals surface area contributed by atoms with Gasteiger partial charge in [0.1, 0.15) is 0 Å². The summed E-state index contributed by atoms with van der Waals surface area (Å²) in [6.07, 6.45) is 0.193. The third-order valence-corrected chi connectivity index (χ3v) is 3.04. The first kappa shape index (κ1) is 11.8. The van der Waals surface area contributed by atoms with Crippen LogP contribution in [0, 0.1) is 11.3 Å². The molecule has 1 atom stereocenters. The Kier molecular flexibility index (Phi) is 3.85. The Morgan fingerprint density at radius 3 is 3.18 bits per heavy atom. The Hall–Kier alpha value is -1.71. The molecule has 6 heteroatoms. The normalized spacial score (nSPS) is 12.2. The van der Waals surface area contributed by atoms with E-state index in [2.05, 4.69) is 10.1 Å². The fraction of sp³-hybridized carbons (Fsp3) is 0.364. The van der Waals surface area contributed by atoms with Crippen molar-refractivity contribution < 1.29 is 9.63 Å². The quantitative estimate of drug-likeness (QED) is 0.869. The van der Waals surface area contributed by atoms with Crippen LogP contribution in [0.15, 0.2) is 22.0 Å². The van der Waals surface area contributed by atoms with Gasteiger partial charge in [-0.15, -0.1) is 11.3 Å². The molecular weight excluding hydrogens is 238 g/mol. The highest BCUT2D eigenvalue weighted by atomic mass is 32.1. The van der Waals surface area contributed by atoms with Crippen molar-refractivity contribution in [2.75, 3.05) is 0 Å². The summed E-state index contributed by atoms with van der Waals surface area (Å²) in [5.41, 5.74) is 0. The molecule has 2 aromatic rings. The topological polar surface area (TPSA) is 82.9 Å². The van der Waals surface area contributed by atoms with Crippen LogP contribution in [0.4, 0.5) is 0 Å². The number of rotatable bonds is 5. The van der Waals surface area contributed by atoms with Crippen LogP contribution in [-0.2, 0) is 12.8 Å². The van der Waals surface area contributed by atoms with E-state index in [1.165, 1.54) is 0 Å². The molecule has 88 valence electrons. The number of aliphatic hydroxyl groups excluding tert-OH is 1. The number of aromatic nitrogens is 2. The summed E-state index contributed by atoms with van der Waals surface area (Å²) in [6.45, 7) is 0. The lowest BCUT2D eigenvalue weighted by Crippen LogP contribution is -2.09. The highest BCUT2D eigenvalue weighted by Gasteiger charge is 2.12. The second-order valence-electron chi connectivity index (χ2n) is 3.58. The molecule has 0 aliphatic carbocycles. The summed E-state index contributed by atoms with van der Waals surface area (Å²) < 4.78 is 5.00. The number of nitrogens with zero attached hydrogens (tertiary/aromatic N) is 3. The Morgan fingerprint density at radius 2 is 2.47 bits per heavy atom. The van der Waals surface area contributed by atoms with Crippen molar-refractivity contribution in [3.63, 3.8) is 0 Å². The van der Waals surface area contributed by atoms with Crippen molar-refractivity contribution in [2.24, 2.45) is 0 Å². The van der Waals surface area contributed by atoms with Crippen molar-refractivity contribution in [3.8, 4) is 6.07 Å². The smallest absolute Gasteiger partial charge is 0.229 e. The average molecular weight is 249 g/mol. The maximum Gasteiger partial charge on any atom is 0.229 e. The van der Waals surface area contributed by atoms with Gasteiger partial charge in [0.2, 0.25) is 5.89 Å². The molecule has 0 saturated heterocycles. The minimum absolute atomic E-state index is 0.0721. The van der Waals surface area contributed by atoms with Gasteiger partial charge >= 0.3 is 0 Å². The summed E-state index contributed by atoms with van der Waals surface area (Å²) in [5.74, 6) is 0.978. The molecule has 0 amide bonds. The van der Waals surface area contributed by atoms with E-state index in [0.717, 1.165) is 4.88 Å². The van der Waals surface area contributed by atoms with Crippen LogP contribution in [0.1, 0.15) is 23.0 Å². The average Bonchev–Trinajstić information content (AvgIpc) is 2.91. The van der Waals surface area contributed by atoms with Gasteiger partial charge in [0.15, 0.2) is 5.82 Å². The lowest BCUT2D eigenvalue weighted by Gasteiger charge is -1.99. The Balaban J connectivity index is 1.94. The van der Waals surface area contributed by atoms with Crippen molar-refractivity contribution in [2.45, 2.75) is 25.4 Å². The Bertz CT molecular complexity index is 501. The molecule has 0 saturated carbocycles. The predicted molar refractivity (Wildman–Crippen MR) is 61.4 cm³/mol. The number of hydrogen-bond acceptors (Lipinski definition) is 6. The second-order valence-corrected chi connectivity index (χ2v) is 4.61. The summed E-state index contributed by atoms with van der Waals surface area (Å²) >= 11 is 1.63. The maximum atomic E-state index is 9.42. The molecule has 1 N–H and O–H groups in total. The minimum atomic E-state index is -0.741. The van der Waals surface area contributed by atoms with Crippen molar-refractivity contribution in [1.29, 1.82) is 5.26 Å². The molecule has 0 radical (unpaired) electrons. The van der Waals surface area contributed by atoms with Crippen LogP contribution in [0.25, 0.3) is 0 Å². The van der Waals surface area contributed by atoms with Gasteiger partial charge in [0.25, 0.3) is 0 Å². The molecule has 2 aromatic heterocycles. The van der Waals surface area contributed by atoms with E-state index in [4.69, 9.17) is 9.78 Å². The molecule has 0 fully saturated rings. The first-order valence-corrected chi connectivity index (χ1v) is 6.04. The van der Waals surface area contributed by atoms with Gasteiger partial charge < -0.3 is 9.63 Å². The highest BCUT2D eigenvalue weighted by molar-refractivity contribution is 7.09. The molecule has 0 aliphatic rings. The first-order valence-electron chi connectivity index (χ1n) is 5.17. The fourth-order valence-electron chi connectivity index (χ4n) is 1.39. The molecule has 0 bridgehead atoms. The van der Waals surface area contributed by atoms with Crippen molar-refractivity contribution in [1.82, 2.24) is 10.1 Å². The molecule has 1 unspecified atom stereocenters. The summed E-state index contributed by atoms with van der Waals surface area (Å²) in [6, 6.07) is 5.87.